The molecule has 40 heavy (non-hydrogen) atoms. The Hall–Kier alpha value is -5.26. The number of unbranched alkanes of at least 4 members (excludes halogenated alkanes) is 3. The number of benzene rings is 2. The molecule has 0 fully saturated rings. The van der Waals surface area contributed by atoms with E-state index in [0.717, 1.165) is 36.4 Å². The zero-order valence-electron chi connectivity index (χ0n) is 20.8. The smallest absolute Gasteiger partial charge is 0.419 e. The minimum atomic E-state index is -1.38. The van der Waals surface area contributed by atoms with Gasteiger partial charge in [0.25, 0.3) is 22.7 Å². The van der Waals surface area contributed by atoms with Crippen LogP contribution in [-0.4, -0.2) is 49.9 Å². The largest absolute Gasteiger partial charge is 0.444 e. The summed E-state index contributed by atoms with van der Waals surface area (Å²) < 4.78 is 9.98. The van der Waals surface area contributed by atoms with Crippen LogP contribution < -0.4 is 5.73 Å². The van der Waals surface area contributed by atoms with Crippen molar-refractivity contribution in [1.82, 2.24) is 4.90 Å². The summed E-state index contributed by atoms with van der Waals surface area (Å²) in [6.07, 6.45) is -0.695. The van der Waals surface area contributed by atoms with Gasteiger partial charge in [0.1, 0.15) is 24.3 Å². The Morgan fingerprint density at radius 2 is 1.00 bits per heavy atom. The van der Waals surface area contributed by atoms with Crippen LogP contribution in [0.15, 0.2) is 36.4 Å². The van der Waals surface area contributed by atoms with Crippen LogP contribution in [0.4, 0.5) is 32.3 Å². The summed E-state index contributed by atoms with van der Waals surface area (Å²) in [5.74, 6) is 0. The van der Waals surface area contributed by atoms with Gasteiger partial charge in [0.2, 0.25) is 0 Å². The summed E-state index contributed by atoms with van der Waals surface area (Å²) >= 11 is 0. The van der Waals surface area contributed by atoms with Crippen molar-refractivity contribution < 1.29 is 38.8 Å². The Labute approximate surface area is 224 Å². The second-order valence-electron chi connectivity index (χ2n) is 8.04. The fourth-order valence-corrected chi connectivity index (χ4v) is 3.55. The van der Waals surface area contributed by atoms with Gasteiger partial charge in [-0.15, -0.1) is 0 Å². The normalized spacial score (nSPS) is 10.4. The molecule has 0 saturated carbocycles. The molecule has 0 heterocycles. The average Bonchev–Trinajstić information content (AvgIpc) is 2.91. The summed E-state index contributed by atoms with van der Waals surface area (Å²) in [6.45, 7) is -1.77. The molecule has 214 valence electrons. The SMILES string of the molecule is NCCCCCCN(C(=O)OCc1c([N+](=O)[O-])cccc1[N+](=O)[O-])C(=O)OCc1c([N+](=O)[O-])cccc1[N+](=O)[O-]. The Morgan fingerprint density at radius 3 is 1.32 bits per heavy atom. The number of hydrogen-bond acceptors (Lipinski definition) is 13. The molecule has 18 nitrogen and oxygen atoms in total. The molecule has 2 rings (SSSR count). The van der Waals surface area contributed by atoms with Crippen LogP contribution in [0.3, 0.4) is 0 Å². The highest BCUT2D eigenvalue weighted by Gasteiger charge is 2.31. The maximum atomic E-state index is 12.8. The molecule has 2 aromatic carbocycles. The molecule has 0 radical (unpaired) electrons. The predicted molar refractivity (Wildman–Crippen MR) is 134 cm³/mol. The second-order valence-corrected chi connectivity index (χ2v) is 8.04. The van der Waals surface area contributed by atoms with Crippen molar-refractivity contribution in [3.8, 4) is 0 Å². The van der Waals surface area contributed by atoms with Gasteiger partial charge in [0.15, 0.2) is 0 Å². The van der Waals surface area contributed by atoms with E-state index in [4.69, 9.17) is 15.2 Å². The van der Waals surface area contributed by atoms with Crippen molar-refractivity contribution in [2.24, 2.45) is 5.73 Å². The molecule has 18 heteroatoms. The molecule has 2 aromatic rings. The van der Waals surface area contributed by atoms with Crippen LogP contribution >= 0.6 is 0 Å². The number of imide groups is 1. The van der Waals surface area contributed by atoms with Crippen molar-refractivity contribution in [2.45, 2.75) is 38.9 Å². The Balaban J connectivity index is 2.28. The molecule has 0 atom stereocenters. The van der Waals surface area contributed by atoms with Crippen molar-refractivity contribution in [1.29, 1.82) is 0 Å². The number of carbonyl (C=O) groups is 2. The first kappa shape index (κ1) is 31.0. The third-order valence-corrected chi connectivity index (χ3v) is 5.50. The van der Waals surface area contributed by atoms with Gasteiger partial charge in [0.05, 0.1) is 19.7 Å². The lowest BCUT2D eigenvalue weighted by molar-refractivity contribution is -0.396. The monoisotopic (exact) mass is 564 g/mol. The Kier molecular flexibility index (Phi) is 11.3. The first-order valence-corrected chi connectivity index (χ1v) is 11.6. The molecular formula is C22H24N6O12. The second kappa shape index (κ2) is 14.6. The van der Waals surface area contributed by atoms with Crippen LogP contribution in [0.2, 0.25) is 0 Å². The number of ether oxygens (including phenoxy) is 2. The van der Waals surface area contributed by atoms with Gasteiger partial charge in [-0.25, -0.2) is 14.5 Å². The molecule has 0 spiro atoms. The molecule has 0 saturated heterocycles. The summed E-state index contributed by atoms with van der Waals surface area (Å²) in [7, 11) is 0. The van der Waals surface area contributed by atoms with E-state index in [1.54, 1.807) is 0 Å². The fourth-order valence-electron chi connectivity index (χ4n) is 3.55. The summed E-state index contributed by atoms with van der Waals surface area (Å²) in [5.41, 5.74) is 1.61. The van der Waals surface area contributed by atoms with E-state index in [1.165, 1.54) is 0 Å². The van der Waals surface area contributed by atoms with Crippen LogP contribution in [0, 0.1) is 40.5 Å². The average molecular weight is 564 g/mol. The molecule has 0 bridgehead atoms. The molecule has 0 unspecified atom stereocenters. The van der Waals surface area contributed by atoms with Crippen LogP contribution in [0.5, 0.6) is 0 Å². The maximum absolute atomic E-state index is 12.8. The van der Waals surface area contributed by atoms with Crippen LogP contribution in [-0.2, 0) is 22.7 Å². The highest BCUT2D eigenvalue weighted by atomic mass is 16.6. The first-order valence-electron chi connectivity index (χ1n) is 11.6. The number of nitrogens with two attached hydrogens (primary N) is 1. The van der Waals surface area contributed by atoms with Gasteiger partial charge < -0.3 is 15.2 Å². The van der Waals surface area contributed by atoms with E-state index in [0.29, 0.717) is 30.7 Å². The van der Waals surface area contributed by atoms with Gasteiger partial charge in [0, 0.05) is 30.8 Å². The van der Waals surface area contributed by atoms with Gasteiger partial charge in [-0.1, -0.05) is 12.8 Å². The van der Waals surface area contributed by atoms with Gasteiger partial charge in [-0.3, -0.25) is 40.5 Å². The van der Waals surface area contributed by atoms with E-state index < -0.39 is 79.0 Å². The third kappa shape index (κ3) is 8.12. The van der Waals surface area contributed by atoms with Crippen molar-refractivity contribution in [3.63, 3.8) is 0 Å². The predicted octanol–water partition coefficient (Wildman–Crippen LogP) is 4.11. The maximum Gasteiger partial charge on any atom is 0.419 e. The lowest BCUT2D eigenvalue weighted by Crippen LogP contribution is -2.38. The van der Waals surface area contributed by atoms with Gasteiger partial charge >= 0.3 is 12.2 Å². The topological polar surface area (TPSA) is 254 Å². The van der Waals surface area contributed by atoms with E-state index in [2.05, 4.69) is 0 Å². The number of rotatable bonds is 14. The van der Waals surface area contributed by atoms with Crippen molar-refractivity contribution in [3.05, 3.63) is 88.0 Å². The minimum absolute atomic E-state index is 0.238. The first-order chi connectivity index (χ1) is 19.0. The third-order valence-electron chi connectivity index (χ3n) is 5.50. The lowest BCUT2D eigenvalue weighted by atomic mass is 10.1. The standard InChI is InChI=1S/C22H24N6O12/c23-11-3-1-2-4-12-24(21(29)39-13-15-17(25(31)32)7-5-8-18(15)26(33)34)22(30)40-14-16-19(27(35)36)9-6-10-20(16)28(37)38/h5-10H,1-4,11-14,23H2. The van der Waals surface area contributed by atoms with Gasteiger partial charge in [-0.2, -0.15) is 0 Å². The van der Waals surface area contributed by atoms with Crippen LogP contribution in [0.25, 0.3) is 0 Å². The fraction of sp³-hybridized carbons (Fsp3) is 0.364. The summed E-state index contributed by atoms with van der Waals surface area (Å²) in [6, 6.07) is 6.04. The molecule has 0 aliphatic carbocycles. The lowest BCUT2D eigenvalue weighted by Gasteiger charge is -2.20. The minimum Gasteiger partial charge on any atom is -0.444 e. The van der Waals surface area contributed by atoms with Crippen molar-refractivity contribution >= 4 is 34.9 Å². The number of nitrogens with zero attached hydrogens (tertiary/aromatic N) is 5. The van der Waals surface area contributed by atoms with E-state index in [1.807, 2.05) is 0 Å². The molecular weight excluding hydrogens is 540 g/mol. The quantitative estimate of drug-likeness (QED) is 0.193. The number of nitro benzene ring substituents is 4. The zero-order chi connectivity index (χ0) is 29.8. The van der Waals surface area contributed by atoms with E-state index in [9.17, 15) is 50.0 Å². The van der Waals surface area contributed by atoms with Crippen molar-refractivity contribution in [2.75, 3.05) is 13.1 Å². The number of hydrogen-bond donors (Lipinski definition) is 1. The molecule has 0 aliphatic rings. The van der Waals surface area contributed by atoms with E-state index in [-0.39, 0.29) is 13.0 Å². The Morgan fingerprint density at radius 1 is 0.650 bits per heavy atom. The van der Waals surface area contributed by atoms with Gasteiger partial charge in [-0.05, 0) is 31.5 Å². The summed E-state index contributed by atoms with van der Waals surface area (Å²) in [5, 5.41) is 45.3. The molecule has 0 aliphatic heterocycles. The van der Waals surface area contributed by atoms with E-state index >= 15 is 0 Å². The highest BCUT2D eigenvalue weighted by Crippen LogP contribution is 2.30. The highest BCUT2D eigenvalue weighted by molar-refractivity contribution is 5.87. The number of carbonyl (C=O) groups excluding carboxylic acids is 2. The van der Waals surface area contributed by atoms with Crippen LogP contribution in [0.1, 0.15) is 36.8 Å². The number of amides is 2. The molecule has 2 N–H and O–H groups in total. The zero-order valence-corrected chi connectivity index (χ0v) is 20.8. The summed E-state index contributed by atoms with van der Waals surface area (Å²) in [4.78, 5) is 67.8. The Bertz CT molecular complexity index is 1150. The number of nitro groups is 4. The molecule has 0 aromatic heterocycles. The molecule has 2 amide bonds.